The highest BCUT2D eigenvalue weighted by molar-refractivity contribution is 5.94. The second-order valence-electron chi connectivity index (χ2n) is 9.45. The molecule has 5 rings (SSSR count). The van der Waals surface area contributed by atoms with E-state index in [0.717, 1.165) is 52.9 Å². The molecule has 3 N–H and O–H groups in total. The lowest BCUT2D eigenvalue weighted by atomic mass is 9.95. The summed E-state index contributed by atoms with van der Waals surface area (Å²) in [6, 6.07) is 7.33. The highest BCUT2D eigenvalue weighted by Gasteiger charge is 2.29. The molecule has 0 bridgehead atoms. The number of benzene rings is 2. The predicted molar refractivity (Wildman–Crippen MR) is 123 cm³/mol. The molecule has 3 heterocycles. The van der Waals surface area contributed by atoms with E-state index in [1.54, 1.807) is 12.1 Å². The van der Waals surface area contributed by atoms with Gasteiger partial charge in [0.1, 0.15) is 13.2 Å². The van der Waals surface area contributed by atoms with E-state index < -0.39 is 12.2 Å². The standard InChI is InChI=1S/C26H30N2O6/c1-14-17(3-5-19-21(14)12-33-25(19)31)23(29)9-27-16-7-8-28(10-16)11-24(30)18-4-6-20-22(15(18)2)13-34-26(20)32/h3-6,16,23-24,27,29-30H,7-13H2,1-2H3/t16-,23-,24+/m1/s1. The first-order valence-corrected chi connectivity index (χ1v) is 11.7. The fraction of sp³-hybridized carbons (Fsp3) is 0.462. The van der Waals surface area contributed by atoms with Gasteiger partial charge < -0.3 is 25.0 Å². The third-order valence-corrected chi connectivity index (χ3v) is 7.44. The molecule has 2 aromatic rings. The van der Waals surface area contributed by atoms with Crippen LogP contribution in [0.4, 0.5) is 0 Å². The van der Waals surface area contributed by atoms with Gasteiger partial charge in [-0.15, -0.1) is 0 Å². The predicted octanol–water partition coefficient (Wildman–Crippen LogP) is 2.08. The number of carbonyl (C=O) groups is 2. The number of esters is 2. The van der Waals surface area contributed by atoms with Crippen LogP contribution in [0.25, 0.3) is 0 Å². The molecule has 3 aliphatic heterocycles. The zero-order chi connectivity index (χ0) is 24.0. The second-order valence-corrected chi connectivity index (χ2v) is 9.45. The third-order valence-electron chi connectivity index (χ3n) is 7.44. The van der Waals surface area contributed by atoms with E-state index in [1.165, 1.54) is 0 Å². The molecule has 2 aromatic carbocycles. The van der Waals surface area contributed by atoms with E-state index in [0.29, 0.717) is 24.2 Å². The fourth-order valence-electron chi connectivity index (χ4n) is 5.35. The molecule has 8 nitrogen and oxygen atoms in total. The highest BCUT2D eigenvalue weighted by Crippen LogP contribution is 2.31. The lowest BCUT2D eigenvalue weighted by molar-refractivity contribution is 0.0525. The molecule has 3 aliphatic rings. The zero-order valence-corrected chi connectivity index (χ0v) is 19.5. The first kappa shape index (κ1) is 23.0. The van der Waals surface area contributed by atoms with E-state index in [9.17, 15) is 19.8 Å². The Kier molecular flexibility index (Phi) is 6.16. The lowest BCUT2D eigenvalue weighted by Crippen LogP contribution is -2.36. The average molecular weight is 467 g/mol. The number of fused-ring (bicyclic) bond motifs is 2. The molecule has 1 fully saturated rings. The maximum Gasteiger partial charge on any atom is 0.338 e. The molecule has 0 saturated carbocycles. The SMILES string of the molecule is Cc1c([C@H](O)CN[C@@H]2CCN(C[C@H](O)c3ccc4c(c3C)COC4=O)C2)ccc2c1COC2=O. The number of nitrogens with zero attached hydrogens (tertiary/aromatic N) is 1. The topological polar surface area (TPSA) is 108 Å². The summed E-state index contributed by atoms with van der Waals surface area (Å²) in [4.78, 5) is 25.7. The summed E-state index contributed by atoms with van der Waals surface area (Å²) in [7, 11) is 0. The number of carbonyl (C=O) groups excluding carboxylic acids is 2. The molecule has 0 spiro atoms. The summed E-state index contributed by atoms with van der Waals surface area (Å²) in [6.45, 7) is 6.93. The van der Waals surface area contributed by atoms with Crippen LogP contribution in [0.5, 0.6) is 0 Å². The molecule has 0 aliphatic carbocycles. The van der Waals surface area contributed by atoms with Crippen LogP contribution >= 0.6 is 0 Å². The van der Waals surface area contributed by atoms with Gasteiger partial charge in [0, 0.05) is 36.8 Å². The first-order chi connectivity index (χ1) is 16.3. The van der Waals surface area contributed by atoms with Crippen molar-refractivity contribution in [3.05, 3.63) is 68.8 Å². The minimum atomic E-state index is -0.681. The Balaban J connectivity index is 1.15. The number of aliphatic hydroxyl groups excluding tert-OH is 2. The number of ether oxygens (including phenoxy) is 2. The van der Waals surface area contributed by atoms with Gasteiger partial charge in [-0.05, 0) is 61.2 Å². The molecule has 3 atom stereocenters. The monoisotopic (exact) mass is 466 g/mol. The zero-order valence-electron chi connectivity index (χ0n) is 19.5. The van der Waals surface area contributed by atoms with Crippen molar-refractivity contribution in [2.75, 3.05) is 26.2 Å². The summed E-state index contributed by atoms with van der Waals surface area (Å²) in [5.41, 5.74) is 6.38. The van der Waals surface area contributed by atoms with E-state index in [-0.39, 0.29) is 31.2 Å². The van der Waals surface area contributed by atoms with Gasteiger partial charge in [0.05, 0.1) is 23.3 Å². The minimum Gasteiger partial charge on any atom is -0.457 e. The Morgan fingerprint density at radius 2 is 1.50 bits per heavy atom. The van der Waals surface area contributed by atoms with Crippen molar-refractivity contribution in [2.24, 2.45) is 0 Å². The van der Waals surface area contributed by atoms with E-state index >= 15 is 0 Å². The summed E-state index contributed by atoms with van der Waals surface area (Å²) in [5.74, 6) is -0.603. The van der Waals surface area contributed by atoms with Crippen molar-refractivity contribution in [1.29, 1.82) is 0 Å². The van der Waals surface area contributed by atoms with Crippen molar-refractivity contribution >= 4 is 11.9 Å². The second kappa shape index (κ2) is 9.11. The van der Waals surface area contributed by atoms with Crippen molar-refractivity contribution < 1.29 is 29.3 Å². The maximum absolute atomic E-state index is 11.8. The van der Waals surface area contributed by atoms with Gasteiger partial charge in [-0.3, -0.25) is 4.90 Å². The first-order valence-electron chi connectivity index (χ1n) is 11.7. The molecule has 0 radical (unpaired) electrons. The van der Waals surface area contributed by atoms with Crippen LogP contribution in [0.1, 0.15) is 72.7 Å². The molecule has 34 heavy (non-hydrogen) atoms. The fourth-order valence-corrected chi connectivity index (χ4v) is 5.35. The third kappa shape index (κ3) is 4.11. The lowest BCUT2D eigenvalue weighted by Gasteiger charge is -2.23. The Morgan fingerprint density at radius 3 is 2.09 bits per heavy atom. The molecule has 8 heteroatoms. The number of likely N-dealkylation sites (tertiary alicyclic amines) is 1. The Labute approximate surface area is 198 Å². The van der Waals surface area contributed by atoms with Crippen molar-refractivity contribution in [2.45, 2.75) is 51.7 Å². The Morgan fingerprint density at radius 1 is 0.941 bits per heavy atom. The Hall–Kier alpha value is -2.78. The van der Waals surface area contributed by atoms with Gasteiger partial charge in [-0.25, -0.2) is 9.59 Å². The highest BCUT2D eigenvalue weighted by atomic mass is 16.5. The molecule has 0 amide bonds. The number of rotatable bonds is 7. The number of hydrogen-bond donors (Lipinski definition) is 3. The van der Waals surface area contributed by atoms with Gasteiger partial charge in [0.25, 0.3) is 0 Å². The van der Waals surface area contributed by atoms with Gasteiger partial charge in [0.15, 0.2) is 0 Å². The summed E-state index contributed by atoms with van der Waals surface area (Å²) in [5, 5.41) is 25.1. The van der Waals surface area contributed by atoms with E-state index in [2.05, 4.69) is 10.2 Å². The van der Waals surface area contributed by atoms with Crippen LogP contribution in [-0.4, -0.2) is 59.3 Å². The van der Waals surface area contributed by atoms with Crippen LogP contribution in [-0.2, 0) is 22.7 Å². The van der Waals surface area contributed by atoms with E-state index in [4.69, 9.17) is 9.47 Å². The van der Waals surface area contributed by atoms with Gasteiger partial charge in [-0.1, -0.05) is 12.1 Å². The number of aliphatic hydroxyl groups is 2. The van der Waals surface area contributed by atoms with Gasteiger partial charge >= 0.3 is 11.9 Å². The van der Waals surface area contributed by atoms with E-state index in [1.807, 2.05) is 26.0 Å². The number of β-amino-alcohol motifs (C(OH)–C–C–N with tert-alkyl or cyclic N) is 1. The maximum atomic E-state index is 11.8. The van der Waals surface area contributed by atoms with Crippen LogP contribution in [0.2, 0.25) is 0 Å². The van der Waals surface area contributed by atoms with Crippen molar-refractivity contribution in [3.8, 4) is 0 Å². The number of hydrogen-bond acceptors (Lipinski definition) is 8. The average Bonchev–Trinajstić information content (AvgIpc) is 3.53. The smallest absolute Gasteiger partial charge is 0.338 e. The minimum absolute atomic E-state index is 0.216. The van der Waals surface area contributed by atoms with Crippen LogP contribution in [0, 0.1) is 13.8 Å². The quantitative estimate of drug-likeness (QED) is 0.533. The molecule has 1 saturated heterocycles. The summed E-state index contributed by atoms with van der Waals surface area (Å²) < 4.78 is 10.2. The largest absolute Gasteiger partial charge is 0.457 e. The summed E-state index contributed by atoms with van der Waals surface area (Å²) in [6.07, 6.45) is -0.403. The molecular weight excluding hydrogens is 436 g/mol. The molecular formula is C26H30N2O6. The number of nitrogens with one attached hydrogen (secondary N) is 1. The van der Waals surface area contributed by atoms with Gasteiger partial charge in [-0.2, -0.15) is 0 Å². The molecule has 0 aromatic heterocycles. The number of cyclic esters (lactones) is 2. The normalized spacial score (nSPS) is 21.2. The van der Waals surface area contributed by atoms with Crippen LogP contribution in [0.3, 0.4) is 0 Å². The van der Waals surface area contributed by atoms with Crippen molar-refractivity contribution in [3.63, 3.8) is 0 Å². The van der Waals surface area contributed by atoms with Crippen LogP contribution < -0.4 is 5.32 Å². The van der Waals surface area contributed by atoms with Crippen molar-refractivity contribution in [1.82, 2.24) is 10.2 Å². The van der Waals surface area contributed by atoms with Gasteiger partial charge in [0.2, 0.25) is 0 Å². The van der Waals surface area contributed by atoms with Crippen LogP contribution in [0.15, 0.2) is 24.3 Å². The molecule has 180 valence electrons. The Bertz CT molecular complexity index is 1150. The molecule has 0 unspecified atom stereocenters. The summed E-state index contributed by atoms with van der Waals surface area (Å²) >= 11 is 0.